The van der Waals surface area contributed by atoms with E-state index < -0.39 is 6.10 Å². The van der Waals surface area contributed by atoms with Crippen molar-refractivity contribution in [3.63, 3.8) is 0 Å². The number of benzene rings is 2. The number of nitrogens with one attached hydrogen (secondary N) is 1. The van der Waals surface area contributed by atoms with Gasteiger partial charge in [0.1, 0.15) is 11.9 Å². The van der Waals surface area contributed by atoms with E-state index in [1.54, 1.807) is 31.2 Å². The second kappa shape index (κ2) is 9.40. The number of esters is 1. The molecule has 0 aromatic heterocycles. The van der Waals surface area contributed by atoms with Crippen LogP contribution in [-0.4, -0.2) is 24.1 Å². The summed E-state index contributed by atoms with van der Waals surface area (Å²) in [6.07, 6.45) is 4.63. The van der Waals surface area contributed by atoms with Gasteiger partial charge in [0, 0.05) is 11.3 Å². The molecule has 1 unspecified atom stereocenters. The van der Waals surface area contributed by atoms with Gasteiger partial charge in [-0.3, -0.25) is 4.79 Å². The number of amides is 1. The number of carbonyl (C=O) groups is 2. The van der Waals surface area contributed by atoms with Crippen molar-refractivity contribution >= 4 is 17.6 Å². The number of anilines is 1. The predicted octanol–water partition coefficient (Wildman–Crippen LogP) is 4.89. The topological polar surface area (TPSA) is 64.6 Å². The molecule has 5 heteroatoms. The molecule has 1 aliphatic carbocycles. The Labute approximate surface area is 166 Å². The van der Waals surface area contributed by atoms with Gasteiger partial charge in [0.05, 0.1) is 0 Å². The molecule has 0 saturated heterocycles. The minimum absolute atomic E-state index is 0.0137. The molecule has 0 radical (unpaired) electrons. The van der Waals surface area contributed by atoms with Crippen LogP contribution in [0.15, 0.2) is 48.5 Å². The lowest BCUT2D eigenvalue weighted by atomic mass is 9.98. The molecule has 5 nitrogen and oxygen atoms in total. The van der Waals surface area contributed by atoms with E-state index in [4.69, 9.17) is 9.47 Å². The number of aryl methyl sites for hydroxylation is 1. The Morgan fingerprint density at radius 1 is 1.00 bits per heavy atom. The van der Waals surface area contributed by atoms with Crippen LogP contribution in [0, 0.1) is 6.92 Å². The lowest BCUT2D eigenvalue weighted by molar-refractivity contribution is -0.158. The number of para-hydroxylation sites is 1. The van der Waals surface area contributed by atoms with Gasteiger partial charge in [0.25, 0.3) is 5.91 Å². The van der Waals surface area contributed by atoms with Gasteiger partial charge in [-0.1, -0.05) is 24.6 Å². The highest BCUT2D eigenvalue weighted by atomic mass is 16.6. The molecular formula is C23H27NO4. The third-order valence-corrected chi connectivity index (χ3v) is 4.99. The molecule has 2 aromatic rings. The van der Waals surface area contributed by atoms with Crippen LogP contribution in [-0.2, 0) is 9.53 Å². The van der Waals surface area contributed by atoms with Gasteiger partial charge in [0.15, 0.2) is 6.10 Å². The van der Waals surface area contributed by atoms with Gasteiger partial charge < -0.3 is 14.8 Å². The fourth-order valence-electron chi connectivity index (χ4n) is 3.29. The van der Waals surface area contributed by atoms with Crippen molar-refractivity contribution in [3.05, 3.63) is 59.7 Å². The average Bonchev–Trinajstić information content (AvgIpc) is 2.71. The summed E-state index contributed by atoms with van der Waals surface area (Å²) in [5.74, 6) is -0.000542. The highest BCUT2D eigenvalue weighted by molar-refractivity contribution is 6.04. The van der Waals surface area contributed by atoms with Gasteiger partial charge in [-0.2, -0.15) is 0 Å². The Morgan fingerprint density at radius 3 is 2.36 bits per heavy atom. The Hall–Kier alpha value is -2.82. The van der Waals surface area contributed by atoms with Crippen LogP contribution in [0.2, 0.25) is 0 Å². The normalized spacial score (nSPS) is 15.5. The lowest BCUT2D eigenvalue weighted by Crippen LogP contribution is -2.31. The van der Waals surface area contributed by atoms with Crippen LogP contribution in [0.4, 0.5) is 5.69 Å². The van der Waals surface area contributed by atoms with Crippen molar-refractivity contribution in [2.45, 2.75) is 58.2 Å². The zero-order valence-corrected chi connectivity index (χ0v) is 16.4. The first-order valence-corrected chi connectivity index (χ1v) is 9.87. The minimum Gasteiger partial charge on any atom is -0.479 e. The van der Waals surface area contributed by atoms with Crippen molar-refractivity contribution in [3.8, 4) is 5.75 Å². The fourth-order valence-corrected chi connectivity index (χ4v) is 3.29. The number of rotatable bonds is 6. The summed E-state index contributed by atoms with van der Waals surface area (Å²) in [5.41, 5.74) is 2.31. The van der Waals surface area contributed by atoms with Crippen LogP contribution in [0.1, 0.15) is 54.9 Å². The third kappa shape index (κ3) is 5.35. The monoisotopic (exact) mass is 381 g/mol. The van der Waals surface area contributed by atoms with Crippen LogP contribution in [0.5, 0.6) is 5.75 Å². The van der Waals surface area contributed by atoms with Crippen molar-refractivity contribution in [1.82, 2.24) is 0 Å². The summed E-state index contributed by atoms with van der Waals surface area (Å²) in [4.78, 5) is 24.6. The second-order valence-electron chi connectivity index (χ2n) is 7.25. The van der Waals surface area contributed by atoms with Crippen molar-refractivity contribution < 1.29 is 19.1 Å². The van der Waals surface area contributed by atoms with Crippen LogP contribution < -0.4 is 10.1 Å². The van der Waals surface area contributed by atoms with Gasteiger partial charge >= 0.3 is 5.97 Å². The predicted molar refractivity (Wildman–Crippen MR) is 109 cm³/mol. The summed E-state index contributed by atoms with van der Waals surface area (Å²) in [6, 6.07) is 14.4. The molecule has 28 heavy (non-hydrogen) atoms. The second-order valence-corrected chi connectivity index (χ2v) is 7.25. The first-order valence-electron chi connectivity index (χ1n) is 9.87. The standard InChI is InChI=1S/C23H27NO4/c1-16-8-6-7-11-21(16)24-22(25)18-12-14-20(15-13-18)27-17(2)23(26)28-19-9-4-3-5-10-19/h6-8,11-15,17,19H,3-5,9-10H2,1-2H3,(H,24,25). The summed E-state index contributed by atoms with van der Waals surface area (Å²) in [7, 11) is 0. The Kier molecular flexibility index (Phi) is 6.69. The maximum atomic E-state index is 12.4. The van der Waals surface area contributed by atoms with E-state index in [1.165, 1.54) is 6.42 Å². The van der Waals surface area contributed by atoms with Crippen LogP contribution in [0.3, 0.4) is 0 Å². The maximum absolute atomic E-state index is 12.4. The third-order valence-electron chi connectivity index (χ3n) is 4.99. The van der Waals surface area contributed by atoms with Crippen molar-refractivity contribution in [2.24, 2.45) is 0 Å². The Morgan fingerprint density at radius 2 is 1.68 bits per heavy atom. The molecule has 1 saturated carbocycles. The fraction of sp³-hybridized carbons (Fsp3) is 0.391. The zero-order chi connectivity index (χ0) is 19.9. The van der Waals surface area contributed by atoms with E-state index in [2.05, 4.69) is 5.32 Å². The first-order chi connectivity index (χ1) is 13.5. The highest BCUT2D eigenvalue weighted by Crippen LogP contribution is 2.22. The molecular weight excluding hydrogens is 354 g/mol. The van der Waals surface area contributed by atoms with Gasteiger partial charge in [-0.25, -0.2) is 4.79 Å². The van der Waals surface area contributed by atoms with E-state index in [-0.39, 0.29) is 18.0 Å². The van der Waals surface area contributed by atoms with E-state index in [0.29, 0.717) is 11.3 Å². The highest BCUT2D eigenvalue weighted by Gasteiger charge is 2.23. The Bertz CT molecular complexity index is 810. The van der Waals surface area contributed by atoms with E-state index >= 15 is 0 Å². The average molecular weight is 381 g/mol. The summed E-state index contributed by atoms with van der Waals surface area (Å²) in [5, 5.41) is 2.90. The molecule has 0 bridgehead atoms. The zero-order valence-electron chi connectivity index (χ0n) is 16.4. The lowest BCUT2D eigenvalue weighted by Gasteiger charge is -2.23. The molecule has 3 rings (SSSR count). The molecule has 1 aliphatic rings. The van der Waals surface area contributed by atoms with E-state index in [0.717, 1.165) is 36.9 Å². The van der Waals surface area contributed by atoms with Gasteiger partial charge in [-0.15, -0.1) is 0 Å². The molecule has 2 aromatic carbocycles. The summed E-state index contributed by atoms with van der Waals surface area (Å²) in [6.45, 7) is 3.63. The van der Waals surface area contributed by atoms with E-state index in [9.17, 15) is 9.59 Å². The molecule has 1 amide bonds. The maximum Gasteiger partial charge on any atom is 0.347 e. The SMILES string of the molecule is Cc1ccccc1NC(=O)c1ccc(OC(C)C(=O)OC2CCCCC2)cc1. The molecule has 0 spiro atoms. The van der Waals surface area contributed by atoms with Crippen LogP contribution in [0.25, 0.3) is 0 Å². The van der Waals surface area contributed by atoms with Crippen molar-refractivity contribution in [2.75, 3.05) is 5.32 Å². The minimum atomic E-state index is -0.687. The molecule has 1 N–H and O–H groups in total. The van der Waals surface area contributed by atoms with E-state index in [1.807, 2.05) is 31.2 Å². The smallest absolute Gasteiger partial charge is 0.347 e. The molecule has 0 aliphatic heterocycles. The molecule has 0 heterocycles. The largest absolute Gasteiger partial charge is 0.479 e. The van der Waals surface area contributed by atoms with Crippen LogP contribution >= 0.6 is 0 Å². The summed E-state index contributed by atoms with van der Waals surface area (Å²) >= 11 is 0. The van der Waals surface area contributed by atoms with Gasteiger partial charge in [0.2, 0.25) is 0 Å². The van der Waals surface area contributed by atoms with Crippen molar-refractivity contribution in [1.29, 1.82) is 0 Å². The number of ether oxygens (including phenoxy) is 2. The number of hydrogen-bond acceptors (Lipinski definition) is 4. The number of hydrogen-bond donors (Lipinski definition) is 1. The first kappa shape index (κ1) is 19.9. The van der Waals surface area contributed by atoms with Gasteiger partial charge in [-0.05, 0) is 75.4 Å². The Balaban J connectivity index is 1.54. The molecule has 1 atom stereocenters. The summed E-state index contributed by atoms with van der Waals surface area (Å²) < 4.78 is 11.2. The quantitative estimate of drug-likeness (QED) is 0.724. The molecule has 1 fully saturated rings. The molecule has 148 valence electrons. The number of carbonyl (C=O) groups excluding carboxylic acids is 2.